The Labute approximate surface area is 138 Å². The van der Waals surface area contributed by atoms with Crippen LogP contribution in [0.2, 0.25) is 0 Å². The van der Waals surface area contributed by atoms with Gasteiger partial charge < -0.3 is 4.90 Å². The van der Waals surface area contributed by atoms with Crippen molar-refractivity contribution in [1.29, 1.82) is 0 Å². The van der Waals surface area contributed by atoms with Crippen LogP contribution in [0.3, 0.4) is 0 Å². The number of piperidine rings is 1. The number of likely N-dealkylation sites (tertiary alicyclic amines) is 1. The van der Waals surface area contributed by atoms with Gasteiger partial charge in [-0.3, -0.25) is 4.79 Å². The van der Waals surface area contributed by atoms with Crippen molar-refractivity contribution >= 4 is 44.2 Å². The highest BCUT2D eigenvalue weighted by Crippen LogP contribution is 2.23. The molecule has 1 aliphatic heterocycles. The van der Waals surface area contributed by atoms with Gasteiger partial charge >= 0.3 is 0 Å². The number of halogens is 2. The van der Waals surface area contributed by atoms with E-state index in [1.54, 1.807) is 0 Å². The van der Waals surface area contributed by atoms with E-state index in [2.05, 4.69) is 22.0 Å². The number of carbonyl (C=O) groups excluding carboxylic acids is 1. The molecule has 2 nitrogen and oxygen atoms in total. The van der Waals surface area contributed by atoms with Gasteiger partial charge in [-0.05, 0) is 53.8 Å². The molecule has 110 valence electrons. The topological polar surface area (TPSA) is 20.3 Å². The number of nitrogens with zero attached hydrogens (tertiary/aromatic N) is 1. The molecule has 0 radical (unpaired) electrons. The molecular weight excluding hydrogens is 350 g/mol. The van der Waals surface area contributed by atoms with Crippen molar-refractivity contribution in [1.82, 2.24) is 4.90 Å². The highest BCUT2D eigenvalue weighted by atomic mass is 79.9. The van der Waals surface area contributed by atoms with Crippen LogP contribution in [0.1, 0.15) is 23.2 Å². The Morgan fingerprint density at radius 2 is 2.00 bits per heavy atom. The minimum Gasteiger partial charge on any atom is -0.338 e. The summed E-state index contributed by atoms with van der Waals surface area (Å²) in [5.41, 5.74) is 0.764. The Balaban J connectivity index is 1.85. The monoisotopic (exact) mass is 365 g/mol. The second-order valence-corrected chi connectivity index (χ2v) is 6.84. The van der Waals surface area contributed by atoms with E-state index in [1.165, 1.54) is 0 Å². The summed E-state index contributed by atoms with van der Waals surface area (Å²) in [6, 6.07) is 12.0. The van der Waals surface area contributed by atoms with Gasteiger partial charge in [-0.15, -0.1) is 11.6 Å². The third-order valence-corrected chi connectivity index (χ3v) is 5.00. The van der Waals surface area contributed by atoms with Crippen LogP contribution in [0.5, 0.6) is 0 Å². The van der Waals surface area contributed by atoms with Gasteiger partial charge in [0.1, 0.15) is 0 Å². The number of hydrogen-bond donors (Lipinski definition) is 0. The van der Waals surface area contributed by atoms with Crippen molar-refractivity contribution in [3.8, 4) is 0 Å². The number of hydrogen-bond acceptors (Lipinski definition) is 1. The third kappa shape index (κ3) is 3.24. The molecule has 2 aromatic carbocycles. The molecular formula is C17H17BrClNO. The summed E-state index contributed by atoms with van der Waals surface area (Å²) in [5.74, 6) is 1.19. The van der Waals surface area contributed by atoms with Gasteiger partial charge in [0.25, 0.3) is 5.91 Å². The first kappa shape index (κ1) is 14.9. The van der Waals surface area contributed by atoms with Crippen LogP contribution in [-0.2, 0) is 0 Å². The molecule has 0 saturated carbocycles. The van der Waals surface area contributed by atoms with Gasteiger partial charge in [-0.25, -0.2) is 0 Å². The first-order valence-electron chi connectivity index (χ1n) is 7.22. The third-order valence-electron chi connectivity index (χ3n) is 4.07. The molecule has 0 N–H and O–H groups in total. The summed E-state index contributed by atoms with van der Waals surface area (Å²) in [5, 5.41) is 2.23. The van der Waals surface area contributed by atoms with Crippen molar-refractivity contribution in [3.63, 3.8) is 0 Å². The second kappa shape index (κ2) is 6.37. The second-order valence-electron chi connectivity index (χ2n) is 5.62. The van der Waals surface area contributed by atoms with Crippen LogP contribution in [0.15, 0.2) is 40.9 Å². The van der Waals surface area contributed by atoms with Crippen molar-refractivity contribution in [2.75, 3.05) is 19.0 Å². The first-order valence-corrected chi connectivity index (χ1v) is 8.54. The Bertz CT molecular complexity index is 673. The van der Waals surface area contributed by atoms with Gasteiger partial charge in [-0.1, -0.05) is 28.1 Å². The van der Waals surface area contributed by atoms with E-state index in [9.17, 15) is 4.79 Å². The molecule has 0 spiro atoms. The van der Waals surface area contributed by atoms with Gasteiger partial charge in [0.05, 0.1) is 0 Å². The first-order chi connectivity index (χ1) is 10.2. The quantitative estimate of drug-likeness (QED) is 0.706. The number of alkyl halides is 1. The van der Waals surface area contributed by atoms with Gasteiger partial charge in [0.15, 0.2) is 0 Å². The molecule has 2 aromatic rings. The summed E-state index contributed by atoms with van der Waals surface area (Å²) < 4.78 is 1.05. The van der Waals surface area contributed by atoms with E-state index >= 15 is 0 Å². The number of carbonyl (C=O) groups is 1. The molecule has 0 aromatic heterocycles. The molecule has 1 unspecified atom stereocenters. The van der Waals surface area contributed by atoms with Crippen LogP contribution in [-0.4, -0.2) is 29.8 Å². The highest BCUT2D eigenvalue weighted by Gasteiger charge is 2.23. The number of fused-ring (bicyclic) bond motifs is 1. The molecule has 1 saturated heterocycles. The Kier molecular flexibility index (Phi) is 4.51. The number of benzene rings is 2. The van der Waals surface area contributed by atoms with E-state index in [0.29, 0.717) is 11.8 Å². The fourth-order valence-corrected chi connectivity index (χ4v) is 3.54. The lowest BCUT2D eigenvalue weighted by atomic mass is 9.99. The minimum absolute atomic E-state index is 0.120. The van der Waals surface area contributed by atoms with Crippen molar-refractivity contribution < 1.29 is 4.79 Å². The summed E-state index contributed by atoms with van der Waals surface area (Å²) in [6.45, 7) is 1.62. The average Bonchev–Trinajstić information content (AvgIpc) is 2.53. The maximum atomic E-state index is 12.6. The van der Waals surface area contributed by atoms with E-state index in [0.717, 1.165) is 46.7 Å². The molecule has 0 bridgehead atoms. The normalized spacial score (nSPS) is 19.0. The maximum absolute atomic E-state index is 12.6. The summed E-state index contributed by atoms with van der Waals surface area (Å²) >= 11 is 9.42. The average molecular weight is 367 g/mol. The minimum atomic E-state index is 0.120. The SMILES string of the molecule is O=C(c1ccc2cc(Br)ccc2c1)N1CCCC(CCl)C1. The van der Waals surface area contributed by atoms with Crippen molar-refractivity contribution in [3.05, 3.63) is 46.4 Å². The zero-order valence-electron chi connectivity index (χ0n) is 11.7. The number of rotatable bonds is 2. The summed E-state index contributed by atoms with van der Waals surface area (Å²) in [7, 11) is 0. The summed E-state index contributed by atoms with van der Waals surface area (Å²) in [4.78, 5) is 14.6. The molecule has 1 amide bonds. The van der Waals surface area contributed by atoms with Crippen LogP contribution in [0, 0.1) is 5.92 Å². The lowest BCUT2D eigenvalue weighted by molar-refractivity contribution is 0.0685. The zero-order chi connectivity index (χ0) is 14.8. The molecule has 0 aliphatic carbocycles. The highest BCUT2D eigenvalue weighted by molar-refractivity contribution is 9.10. The molecule has 21 heavy (non-hydrogen) atoms. The lowest BCUT2D eigenvalue weighted by Crippen LogP contribution is -2.40. The predicted octanol–water partition coefficient (Wildman–Crippen LogP) is 4.69. The number of amides is 1. The van der Waals surface area contributed by atoms with Crippen LogP contribution >= 0.6 is 27.5 Å². The van der Waals surface area contributed by atoms with E-state index in [4.69, 9.17) is 11.6 Å². The zero-order valence-corrected chi connectivity index (χ0v) is 14.0. The molecule has 3 rings (SSSR count). The Morgan fingerprint density at radius 3 is 2.81 bits per heavy atom. The van der Waals surface area contributed by atoms with Gasteiger partial charge in [-0.2, -0.15) is 0 Å². The Morgan fingerprint density at radius 1 is 1.24 bits per heavy atom. The summed E-state index contributed by atoms with van der Waals surface area (Å²) in [6.07, 6.45) is 2.17. The molecule has 1 heterocycles. The predicted molar refractivity (Wildman–Crippen MR) is 91.0 cm³/mol. The van der Waals surface area contributed by atoms with E-state index in [1.807, 2.05) is 35.2 Å². The fourth-order valence-electron chi connectivity index (χ4n) is 2.91. The Hall–Kier alpha value is -1.06. The largest absolute Gasteiger partial charge is 0.338 e. The molecule has 1 aliphatic rings. The van der Waals surface area contributed by atoms with Crippen molar-refractivity contribution in [2.24, 2.45) is 5.92 Å². The van der Waals surface area contributed by atoms with Crippen molar-refractivity contribution in [2.45, 2.75) is 12.8 Å². The van der Waals surface area contributed by atoms with E-state index < -0.39 is 0 Å². The molecule has 4 heteroatoms. The van der Waals surface area contributed by atoms with Crippen LogP contribution in [0.25, 0.3) is 10.8 Å². The molecule has 1 fully saturated rings. The standard InChI is InChI=1S/C17H17BrClNO/c18-16-6-5-13-8-15(4-3-14(13)9-16)17(21)20-7-1-2-12(10-19)11-20/h3-6,8-9,12H,1-2,7,10-11H2. The maximum Gasteiger partial charge on any atom is 0.253 e. The van der Waals surface area contributed by atoms with Gasteiger partial charge in [0, 0.05) is 29.0 Å². The van der Waals surface area contributed by atoms with E-state index in [-0.39, 0.29) is 5.91 Å². The molecule has 1 atom stereocenters. The smallest absolute Gasteiger partial charge is 0.253 e. The van der Waals surface area contributed by atoms with Crippen LogP contribution in [0.4, 0.5) is 0 Å². The van der Waals surface area contributed by atoms with Crippen LogP contribution < -0.4 is 0 Å². The fraction of sp³-hybridized carbons (Fsp3) is 0.353. The lowest BCUT2D eigenvalue weighted by Gasteiger charge is -2.32. The van der Waals surface area contributed by atoms with Gasteiger partial charge in [0.2, 0.25) is 0 Å².